The second-order valence-electron chi connectivity index (χ2n) is 7.36. The van der Waals surface area contributed by atoms with E-state index in [0.717, 1.165) is 31.2 Å². The first kappa shape index (κ1) is 19.6. The Morgan fingerprint density at radius 2 is 2.10 bits per heavy atom. The van der Waals surface area contributed by atoms with Gasteiger partial charge in [-0.05, 0) is 55.2 Å². The standard InChI is InChI=1S/C22H23ClN2O4/c23-16-6-3-5-15(11-16)12-20-22(27)25(18-8-1-2-9-19(18)29-20)14-21(26)24-13-17-7-4-10-28-17/h3-7,10-12,18-19H,1-2,8-9,13-14H2,(H,24,26)/b20-12+. The molecule has 4 rings (SSSR count). The molecule has 29 heavy (non-hydrogen) atoms. The van der Waals surface area contributed by atoms with Crippen LogP contribution in [0.25, 0.3) is 6.08 Å². The maximum atomic E-state index is 13.1. The molecule has 2 unspecified atom stereocenters. The molecule has 1 N–H and O–H groups in total. The van der Waals surface area contributed by atoms with Gasteiger partial charge in [-0.2, -0.15) is 0 Å². The van der Waals surface area contributed by atoms with Crippen LogP contribution in [0.3, 0.4) is 0 Å². The van der Waals surface area contributed by atoms with Crippen molar-refractivity contribution in [3.8, 4) is 0 Å². The van der Waals surface area contributed by atoms with E-state index >= 15 is 0 Å². The number of carbonyl (C=O) groups is 2. The van der Waals surface area contributed by atoms with Gasteiger partial charge in [0.2, 0.25) is 5.91 Å². The predicted molar refractivity (Wildman–Crippen MR) is 109 cm³/mol. The number of halogens is 1. The first-order valence-corrected chi connectivity index (χ1v) is 10.2. The van der Waals surface area contributed by atoms with Gasteiger partial charge >= 0.3 is 0 Å². The summed E-state index contributed by atoms with van der Waals surface area (Å²) < 4.78 is 11.3. The summed E-state index contributed by atoms with van der Waals surface area (Å²) in [6.07, 6.45) is 6.96. The summed E-state index contributed by atoms with van der Waals surface area (Å²) in [5.74, 6) is 0.447. The molecule has 1 saturated heterocycles. The SMILES string of the molecule is O=C(CN1C(=O)/C(=C\c2cccc(Cl)c2)OC2CCCCC21)NCc1ccco1. The van der Waals surface area contributed by atoms with Crippen LogP contribution in [0.5, 0.6) is 0 Å². The van der Waals surface area contributed by atoms with E-state index < -0.39 is 0 Å². The van der Waals surface area contributed by atoms with Crippen LogP contribution < -0.4 is 5.32 Å². The molecule has 7 heteroatoms. The minimum absolute atomic E-state index is 0.00302. The molecule has 1 aliphatic heterocycles. The fourth-order valence-electron chi connectivity index (χ4n) is 3.92. The number of nitrogens with one attached hydrogen (secondary N) is 1. The molecule has 1 aromatic carbocycles. The Kier molecular flexibility index (Phi) is 5.90. The van der Waals surface area contributed by atoms with Crippen molar-refractivity contribution in [1.82, 2.24) is 10.2 Å². The zero-order valence-electron chi connectivity index (χ0n) is 16.0. The molecular formula is C22H23ClN2O4. The lowest BCUT2D eigenvalue weighted by Gasteiger charge is -2.44. The van der Waals surface area contributed by atoms with Crippen molar-refractivity contribution in [2.24, 2.45) is 0 Å². The molecule has 1 aliphatic carbocycles. The number of benzene rings is 1. The quantitative estimate of drug-likeness (QED) is 0.756. The molecular weight excluding hydrogens is 392 g/mol. The lowest BCUT2D eigenvalue weighted by molar-refractivity contribution is -0.151. The normalized spacial score (nSPS) is 22.9. The Balaban J connectivity index is 1.51. The van der Waals surface area contributed by atoms with Gasteiger partial charge in [0.1, 0.15) is 18.4 Å². The summed E-state index contributed by atoms with van der Waals surface area (Å²) in [5.41, 5.74) is 0.789. The average molecular weight is 415 g/mol. The summed E-state index contributed by atoms with van der Waals surface area (Å²) in [6.45, 7) is 0.292. The second kappa shape index (κ2) is 8.74. The van der Waals surface area contributed by atoms with Crippen LogP contribution in [-0.2, 0) is 20.9 Å². The third-order valence-electron chi connectivity index (χ3n) is 5.32. The van der Waals surface area contributed by atoms with Crippen LogP contribution >= 0.6 is 11.6 Å². The summed E-state index contributed by atoms with van der Waals surface area (Å²) in [5, 5.41) is 3.41. The molecule has 2 amide bonds. The molecule has 6 nitrogen and oxygen atoms in total. The molecule has 2 aromatic rings. The van der Waals surface area contributed by atoms with Gasteiger partial charge in [0, 0.05) is 5.02 Å². The van der Waals surface area contributed by atoms with Crippen LogP contribution in [0.2, 0.25) is 5.02 Å². The number of morpholine rings is 1. The third kappa shape index (κ3) is 4.65. The van der Waals surface area contributed by atoms with Crippen molar-refractivity contribution in [3.63, 3.8) is 0 Å². The molecule has 1 aromatic heterocycles. The van der Waals surface area contributed by atoms with Crippen molar-refractivity contribution in [2.75, 3.05) is 6.54 Å². The highest BCUT2D eigenvalue weighted by molar-refractivity contribution is 6.30. The van der Waals surface area contributed by atoms with Crippen LogP contribution in [0.15, 0.2) is 52.8 Å². The molecule has 2 atom stereocenters. The number of amides is 2. The van der Waals surface area contributed by atoms with Gasteiger partial charge < -0.3 is 19.4 Å². The highest BCUT2D eigenvalue weighted by atomic mass is 35.5. The zero-order chi connectivity index (χ0) is 20.2. The van der Waals surface area contributed by atoms with Crippen molar-refractivity contribution >= 4 is 29.5 Å². The summed E-state index contributed by atoms with van der Waals surface area (Å²) >= 11 is 6.06. The number of furan rings is 1. The number of rotatable bonds is 5. The highest BCUT2D eigenvalue weighted by Gasteiger charge is 2.42. The van der Waals surface area contributed by atoms with E-state index in [2.05, 4.69) is 5.32 Å². The van der Waals surface area contributed by atoms with Crippen molar-refractivity contribution in [3.05, 3.63) is 64.8 Å². The lowest BCUT2D eigenvalue weighted by Crippen LogP contribution is -2.57. The molecule has 0 radical (unpaired) electrons. The minimum atomic E-state index is -0.263. The van der Waals surface area contributed by atoms with Crippen LogP contribution in [0, 0.1) is 0 Å². The average Bonchev–Trinajstić information content (AvgIpc) is 3.23. The Hall–Kier alpha value is -2.73. The van der Waals surface area contributed by atoms with E-state index in [0.29, 0.717) is 17.3 Å². The number of carbonyl (C=O) groups excluding carboxylic acids is 2. The topological polar surface area (TPSA) is 71.8 Å². The van der Waals surface area contributed by atoms with Crippen molar-refractivity contribution in [1.29, 1.82) is 0 Å². The zero-order valence-corrected chi connectivity index (χ0v) is 16.7. The van der Waals surface area contributed by atoms with Crippen LogP contribution in [0.4, 0.5) is 0 Å². The van der Waals surface area contributed by atoms with E-state index in [9.17, 15) is 9.59 Å². The Bertz CT molecular complexity index is 909. The van der Waals surface area contributed by atoms with Gasteiger partial charge in [0.15, 0.2) is 5.76 Å². The van der Waals surface area contributed by atoms with E-state index in [4.69, 9.17) is 20.8 Å². The van der Waals surface area contributed by atoms with E-state index in [1.807, 2.05) is 12.1 Å². The van der Waals surface area contributed by atoms with Gasteiger partial charge in [-0.3, -0.25) is 9.59 Å². The van der Waals surface area contributed by atoms with E-state index in [1.54, 1.807) is 41.5 Å². The van der Waals surface area contributed by atoms with Crippen molar-refractivity contribution < 1.29 is 18.7 Å². The summed E-state index contributed by atoms with van der Waals surface area (Å²) in [4.78, 5) is 27.3. The molecule has 0 spiro atoms. The first-order chi connectivity index (χ1) is 14.1. The highest BCUT2D eigenvalue weighted by Crippen LogP contribution is 2.33. The predicted octanol–water partition coefficient (Wildman–Crippen LogP) is 3.76. The lowest BCUT2D eigenvalue weighted by atomic mass is 9.89. The fourth-order valence-corrected chi connectivity index (χ4v) is 4.12. The summed E-state index contributed by atoms with van der Waals surface area (Å²) in [6, 6.07) is 10.7. The molecule has 1 saturated carbocycles. The van der Waals surface area contributed by atoms with Gasteiger partial charge in [-0.15, -0.1) is 0 Å². The Labute approximate surface area is 174 Å². The molecule has 0 bridgehead atoms. The van der Waals surface area contributed by atoms with Crippen molar-refractivity contribution in [2.45, 2.75) is 44.4 Å². The van der Waals surface area contributed by atoms with Gasteiger partial charge in [0.05, 0.1) is 18.8 Å². The second-order valence-corrected chi connectivity index (χ2v) is 7.80. The number of nitrogens with zero attached hydrogens (tertiary/aromatic N) is 1. The Morgan fingerprint density at radius 3 is 2.90 bits per heavy atom. The monoisotopic (exact) mass is 414 g/mol. The van der Waals surface area contributed by atoms with Gasteiger partial charge in [0.25, 0.3) is 5.91 Å². The number of hydrogen-bond donors (Lipinski definition) is 1. The molecule has 152 valence electrons. The maximum absolute atomic E-state index is 13.1. The van der Waals surface area contributed by atoms with Crippen LogP contribution in [0.1, 0.15) is 37.0 Å². The third-order valence-corrected chi connectivity index (χ3v) is 5.55. The fraction of sp³-hybridized carbons (Fsp3) is 0.364. The van der Waals surface area contributed by atoms with Crippen LogP contribution in [-0.4, -0.2) is 35.4 Å². The smallest absolute Gasteiger partial charge is 0.289 e. The first-order valence-electron chi connectivity index (χ1n) is 9.84. The van der Waals surface area contributed by atoms with Gasteiger partial charge in [-0.1, -0.05) is 30.2 Å². The Morgan fingerprint density at radius 1 is 1.24 bits per heavy atom. The molecule has 2 heterocycles. The van der Waals surface area contributed by atoms with E-state index in [-0.39, 0.29) is 36.3 Å². The largest absolute Gasteiger partial charge is 0.482 e. The maximum Gasteiger partial charge on any atom is 0.289 e. The number of fused-ring (bicyclic) bond motifs is 1. The van der Waals surface area contributed by atoms with Gasteiger partial charge in [-0.25, -0.2) is 0 Å². The minimum Gasteiger partial charge on any atom is -0.482 e. The summed E-state index contributed by atoms with van der Waals surface area (Å²) in [7, 11) is 0. The molecule has 2 fully saturated rings. The van der Waals surface area contributed by atoms with E-state index in [1.165, 1.54) is 0 Å². The number of hydrogen-bond acceptors (Lipinski definition) is 4. The number of ether oxygens (including phenoxy) is 1. The molecule has 2 aliphatic rings.